The van der Waals surface area contributed by atoms with Crippen molar-refractivity contribution in [3.8, 4) is 16.9 Å². The first-order valence-electron chi connectivity index (χ1n) is 8.00. The van der Waals surface area contributed by atoms with Crippen LogP contribution in [0.15, 0.2) is 42.5 Å². The maximum atomic E-state index is 6.16. The van der Waals surface area contributed by atoms with E-state index >= 15 is 0 Å². The second-order valence-electron chi connectivity index (χ2n) is 6.02. The normalized spacial score (nSPS) is 18.3. The molecule has 0 bridgehead atoms. The zero-order valence-electron chi connectivity index (χ0n) is 13.4. The molecule has 0 aromatic heterocycles. The predicted molar refractivity (Wildman–Crippen MR) is 93.5 cm³/mol. The third-order valence-corrected chi connectivity index (χ3v) is 4.55. The summed E-state index contributed by atoms with van der Waals surface area (Å²) < 4.78 is 5.45. The van der Waals surface area contributed by atoms with Crippen LogP contribution in [0.3, 0.4) is 0 Å². The molecule has 0 aliphatic carbocycles. The van der Waals surface area contributed by atoms with Crippen molar-refractivity contribution in [2.75, 3.05) is 24.3 Å². The highest BCUT2D eigenvalue weighted by molar-refractivity contribution is 5.84. The molecule has 1 aliphatic heterocycles. The summed E-state index contributed by atoms with van der Waals surface area (Å²) in [5.41, 5.74) is 10.5. The van der Waals surface area contributed by atoms with Gasteiger partial charge in [-0.15, -0.1) is 0 Å². The van der Waals surface area contributed by atoms with Crippen LogP contribution >= 0.6 is 0 Å². The van der Waals surface area contributed by atoms with Crippen LogP contribution in [-0.2, 0) is 0 Å². The Bertz CT molecular complexity index is 639. The SMILES string of the molecule is COc1cc(N2CCCCC2C)c(-c2ccccc2)cc1N. The van der Waals surface area contributed by atoms with Crippen LogP contribution in [0.25, 0.3) is 11.1 Å². The number of nitrogens with two attached hydrogens (primary N) is 1. The third kappa shape index (κ3) is 2.76. The number of nitrogens with zero attached hydrogens (tertiary/aromatic N) is 1. The number of hydrogen-bond acceptors (Lipinski definition) is 3. The van der Waals surface area contributed by atoms with E-state index in [1.807, 2.05) is 12.1 Å². The lowest BCUT2D eigenvalue weighted by molar-refractivity contribution is 0.416. The molecule has 0 saturated carbocycles. The summed E-state index contributed by atoms with van der Waals surface area (Å²) in [4.78, 5) is 2.49. The van der Waals surface area contributed by atoms with Crippen molar-refractivity contribution < 1.29 is 4.74 Å². The number of rotatable bonds is 3. The molecule has 116 valence electrons. The highest BCUT2D eigenvalue weighted by atomic mass is 16.5. The molecule has 2 aromatic rings. The lowest BCUT2D eigenvalue weighted by Crippen LogP contribution is -2.37. The Labute approximate surface area is 132 Å². The summed E-state index contributed by atoms with van der Waals surface area (Å²) in [6, 6.07) is 15.1. The fourth-order valence-corrected chi connectivity index (χ4v) is 3.31. The summed E-state index contributed by atoms with van der Waals surface area (Å²) in [7, 11) is 1.68. The number of nitrogen functional groups attached to an aromatic ring is 1. The standard InChI is InChI=1S/C19H24N2O/c1-14-8-6-7-11-21(14)18-13-19(22-2)17(20)12-16(18)15-9-4-3-5-10-15/h3-5,9-10,12-14H,6-8,11,20H2,1-2H3. The molecule has 3 rings (SSSR count). The molecule has 22 heavy (non-hydrogen) atoms. The molecule has 1 heterocycles. The van der Waals surface area contributed by atoms with Gasteiger partial charge in [0.25, 0.3) is 0 Å². The van der Waals surface area contributed by atoms with Gasteiger partial charge in [0.05, 0.1) is 12.8 Å². The zero-order valence-corrected chi connectivity index (χ0v) is 13.4. The first-order valence-corrected chi connectivity index (χ1v) is 8.00. The van der Waals surface area contributed by atoms with Crippen molar-refractivity contribution in [2.24, 2.45) is 0 Å². The summed E-state index contributed by atoms with van der Waals surface area (Å²) in [5, 5.41) is 0. The maximum Gasteiger partial charge on any atom is 0.143 e. The van der Waals surface area contributed by atoms with E-state index in [0.29, 0.717) is 11.7 Å². The van der Waals surface area contributed by atoms with Crippen LogP contribution in [0, 0.1) is 0 Å². The Morgan fingerprint density at radius 2 is 1.91 bits per heavy atom. The van der Waals surface area contributed by atoms with E-state index < -0.39 is 0 Å². The lowest BCUT2D eigenvalue weighted by atomic mass is 9.97. The van der Waals surface area contributed by atoms with Gasteiger partial charge in [0.15, 0.2) is 0 Å². The lowest BCUT2D eigenvalue weighted by Gasteiger charge is -2.37. The van der Waals surface area contributed by atoms with Gasteiger partial charge < -0.3 is 15.4 Å². The van der Waals surface area contributed by atoms with E-state index in [1.165, 1.54) is 36.1 Å². The molecule has 0 amide bonds. The van der Waals surface area contributed by atoms with Gasteiger partial charge in [-0.3, -0.25) is 0 Å². The van der Waals surface area contributed by atoms with Gasteiger partial charge in [-0.05, 0) is 37.8 Å². The molecule has 1 fully saturated rings. The van der Waals surface area contributed by atoms with Crippen LogP contribution in [0.1, 0.15) is 26.2 Å². The van der Waals surface area contributed by atoms with E-state index in [2.05, 4.69) is 42.2 Å². The largest absolute Gasteiger partial charge is 0.495 e. The third-order valence-electron chi connectivity index (χ3n) is 4.55. The van der Waals surface area contributed by atoms with Crippen molar-refractivity contribution in [3.05, 3.63) is 42.5 Å². The van der Waals surface area contributed by atoms with E-state index in [-0.39, 0.29) is 0 Å². The van der Waals surface area contributed by atoms with Gasteiger partial charge in [-0.1, -0.05) is 30.3 Å². The fraction of sp³-hybridized carbons (Fsp3) is 0.368. The number of anilines is 2. The molecular formula is C19H24N2O. The highest BCUT2D eigenvalue weighted by Crippen LogP contribution is 2.40. The first kappa shape index (κ1) is 14.8. The zero-order chi connectivity index (χ0) is 15.5. The highest BCUT2D eigenvalue weighted by Gasteiger charge is 2.22. The maximum absolute atomic E-state index is 6.16. The Morgan fingerprint density at radius 1 is 1.14 bits per heavy atom. The van der Waals surface area contributed by atoms with Crippen LogP contribution in [0.4, 0.5) is 11.4 Å². The van der Waals surface area contributed by atoms with Crippen molar-refractivity contribution in [1.82, 2.24) is 0 Å². The smallest absolute Gasteiger partial charge is 0.143 e. The Kier molecular flexibility index (Phi) is 4.23. The molecule has 3 nitrogen and oxygen atoms in total. The number of piperidine rings is 1. The van der Waals surface area contributed by atoms with Gasteiger partial charge in [0.2, 0.25) is 0 Å². The Morgan fingerprint density at radius 3 is 2.59 bits per heavy atom. The minimum atomic E-state index is 0.546. The Balaban J connectivity index is 2.13. The Hall–Kier alpha value is -2.16. The van der Waals surface area contributed by atoms with Gasteiger partial charge in [-0.2, -0.15) is 0 Å². The molecule has 1 unspecified atom stereocenters. The average Bonchev–Trinajstić information content (AvgIpc) is 2.56. The summed E-state index contributed by atoms with van der Waals surface area (Å²) in [6.45, 7) is 3.39. The summed E-state index contributed by atoms with van der Waals surface area (Å²) in [6.07, 6.45) is 3.79. The summed E-state index contributed by atoms with van der Waals surface area (Å²) in [5.74, 6) is 0.757. The van der Waals surface area contributed by atoms with E-state index in [1.54, 1.807) is 7.11 Å². The number of hydrogen-bond donors (Lipinski definition) is 1. The van der Waals surface area contributed by atoms with E-state index in [9.17, 15) is 0 Å². The van der Waals surface area contributed by atoms with Crippen LogP contribution in [0.5, 0.6) is 5.75 Å². The van der Waals surface area contributed by atoms with E-state index in [4.69, 9.17) is 10.5 Å². The number of methoxy groups -OCH3 is 1. The van der Waals surface area contributed by atoms with Crippen LogP contribution in [0.2, 0.25) is 0 Å². The summed E-state index contributed by atoms with van der Waals surface area (Å²) >= 11 is 0. The van der Waals surface area contributed by atoms with Gasteiger partial charge in [0, 0.05) is 29.9 Å². The van der Waals surface area contributed by atoms with Crippen molar-refractivity contribution in [1.29, 1.82) is 0 Å². The second kappa shape index (κ2) is 6.30. The molecule has 0 radical (unpaired) electrons. The minimum absolute atomic E-state index is 0.546. The molecule has 1 aliphatic rings. The molecule has 3 heteroatoms. The fourth-order valence-electron chi connectivity index (χ4n) is 3.31. The van der Waals surface area contributed by atoms with Gasteiger partial charge in [0.1, 0.15) is 5.75 Å². The van der Waals surface area contributed by atoms with Crippen molar-refractivity contribution >= 4 is 11.4 Å². The molecular weight excluding hydrogens is 272 g/mol. The minimum Gasteiger partial charge on any atom is -0.495 e. The van der Waals surface area contributed by atoms with Gasteiger partial charge in [-0.25, -0.2) is 0 Å². The van der Waals surface area contributed by atoms with Crippen LogP contribution in [-0.4, -0.2) is 19.7 Å². The molecule has 0 spiro atoms. The molecule has 1 saturated heterocycles. The van der Waals surface area contributed by atoms with E-state index in [0.717, 1.165) is 12.3 Å². The van der Waals surface area contributed by atoms with Crippen LogP contribution < -0.4 is 15.4 Å². The molecule has 2 aromatic carbocycles. The predicted octanol–water partition coefficient (Wildman–Crippen LogP) is 4.32. The average molecular weight is 296 g/mol. The monoisotopic (exact) mass is 296 g/mol. The van der Waals surface area contributed by atoms with Crippen molar-refractivity contribution in [3.63, 3.8) is 0 Å². The number of ether oxygens (including phenoxy) is 1. The molecule has 1 atom stereocenters. The second-order valence-corrected chi connectivity index (χ2v) is 6.02. The molecule has 2 N–H and O–H groups in total. The van der Waals surface area contributed by atoms with Gasteiger partial charge >= 0.3 is 0 Å². The first-order chi connectivity index (χ1) is 10.7. The van der Waals surface area contributed by atoms with Crippen molar-refractivity contribution in [2.45, 2.75) is 32.2 Å². The number of benzene rings is 2. The topological polar surface area (TPSA) is 38.5 Å². The quantitative estimate of drug-likeness (QED) is 0.857.